The van der Waals surface area contributed by atoms with Crippen LogP contribution in [0.3, 0.4) is 0 Å². The van der Waals surface area contributed by atoms with Crippen molar-refractivity contribution in [1.29, 1.82) is 0 Å². The number of aromatic amines is 1. The molecule has 0 aliphatic carbocycles. The first-order chi connectivity index (χ1) is 16.9. The number of fused-ring (bicyclic) bond motifs is 1. The summed E-state index contributed by atoms with van der Waals surface area (Å²) < 4.78 is 11.2. The average molecular weight is 474 g/mol. The summed E-state index contributed by atoms with van der Waals surface area (Å²) in [6, 6.07) is 18.0. The summed E-state index contributed by atoms with van der Waals surface area (Å²) in [7, 11) is 1.60. The third kappa shape index (κ3) is 4.96. The zero-order valence-electron chi connectivity index (χ0n) is 19.8. The number of carbonyl (C=O) groups is 1. The molecule has 1 atom stereocenters. The molecule has 1 aromatic heterocycles. The fraction of sp³-hybridized carbons (Fsp3) is 0.222. The van der Waals surface area contributed by atoms with E-state index in [1.165, 1.54) is 18.2 Å². The summed E-state index contributed by atoms with van der Waals surface area (Å²) in [5.74, 6) is 0.798. The Labute approximate surface area is 203 Å². The third-order valence-corrected chi connectivity index (χ3v) is 6.02. The van der Waals surface area contributed by atoms with E-state index in [-0.39, 0.29) is 17.5 Å². The minimum absolute atomic E-state index is 0.0443. The average Bonchev–Trinajstić information content (AvgIpc) is 3.28. The molecule has 1 amide bonds. The quantitative estimate of drug-likeness (QED) is 0.252. The molecule has 0 saturated heterocycles. The van der Waals surface area contributed by atoms with Crippen LogP contribution < -0.4 is 14.8 Å². The van der Waals surface area contributed by atoms with E-state index in [1.807, 2.05) is 55.6 Å². The first kappa shape index (κ1) is 23.8. The van der Waals surface area contributed by atoms with Gasteiger partial charge in [-0.3, -0.25) is 14.9 Å². The summed E-state index contributed by atoms with van der Waals surface area (Å²) in [6.07, 6.45) is 1.96. The number of benzene rings is 3. The molecule has 8 nitrogen and oxygen atoms in total. The van der Waals surface area contributed by atoms with Crippen LogP contribution in [-0.2, 0) is 0 Å². The second-order valence-corrected chi connectivity index (χ2v) is 8.15. The number of hydrogen-bond donors (Lipinski definition) is 2. The minimum atomic E-state index is -0.471. The fourth-order valence-electron chi connectivity index (χ4n) is 4.27. The topological polar surface area (TPSA) is 106 Å². The van der Waals surface area contributed by atoms with Crippen LogP contribution in [0.1, 0.15) is 39.9 Å². The molecular weight excluding hydrogens is 446 g/mol. The van der Waals surface area contributed by atoms with E-state index < -0.39 is 4.92 Å². The Morgan fingerprint density at radius 1 is 1.11 bits per heavy atom. The van der Waals surface area contributed by atoms with E-state index in [1.54, 1.807) is 14.0 Å². The smallest absolute Gasteiger partial charge is 0.269 e. The Morgan fingerprint density at radius 3 is 2.63 bits per heavy atom. The van der Waals surface area contributed by atoms with Crippen LogP contribution in [0.5, 0.6) is 11.5 Å². The number of aromatic nitrogens is 1. The first-order valence-corrected chi connectivity index (χ1v) is 11.3. The molecule has 1 unspecified atom stereocenters. The molecule has 0 spiro atoms. The highest BCUT2D eigenvalue weighted by Crippen LogP contribution is 2.36. The van der Waals surface area contributed by atoms with E-state index in [2.05, 4.69) is 10.3 Å². The lowest BCUT2D eigenvalue weighted by atomic mass is 9.90. The standard InChI is InChI=1S/C27H27N3O5/c1-4-35-25-12-9-18(14-26(25)34-3)22(23-16-28-24-8-6-5-7-21(23)24)15-29-27(31)20-11-10-19(30(32)33)13-17(20)2/h5-14,16,22,28H,4,15H2,1-3H3,(H,29,31). The Kier molecular flexibility index (Phi) is 7.01. The van der Waals surface area contributed by atoms with Crippen molar-refractivity contribution in [2.45, 2.75) is 19.8 Å². The lowest BCUT2D eigenvalue weighted by Crippen LogP contribution is -2.29. The number of methoxy groups -OCH3 is 1. The number of aryl methyl sites for hydroxylation is 1. The van der Waals surface area contributed by atoms with Crippen molar-refractivity contribution in [3.05, 3.63) is 99.2 Å². The van der Waals surface area contributed by atoms with Gasteiger partial charge in [0.05, 0.1) is 18.6 Å². The monoisotopic (exact) mass is 473 g/mol. The van der Waals surface area contributed by atoms with Crippen molar-refractivity contribution in [1.82, 2.24) is 10.3 Å². The van der Waals surface area contributed by atoms with Crippen LogP contribution in [0.4, 0.5) is 5.69 Å². The number of nitro groups is 1. The van der Waals surface area contributed by atoms with E-state index in [0.29, 0.717) is 35.8 Å². The van der Waals surface area contributed by atoms with Gasteiger partial charge < -0.3 is 19.8 Å². The number of nitrogens with one attached hydrogen (secondary N) is 2. The van der Waals surface area contributed by atoms with Crippen LogP contribution in [0, 0.1) is 17.0 Å². The number of non-ortho nitro benzene ring substituents is 1. The molecule has 3 aromatic carbocycles. The predicted octanol–water partition coefficient (Wildman–Crippen LogP) is 5.35. The summed E-state index contributed by atoms with van der Waals surface area (Å²) in [6.45, 7) is 4.44. The van der Waals surface area contributed by atoms with Gasteiger partial charge in [0.2, 0.25) is 0 Å². The third-order valence-electron chi connectivity index (χ3n) is 6.02. The molecule has 180 valence electrons. The van der Waals surface area contributed by atoms with Crippen molar-refractivity contribution < 1.29 is 19.2 Å². The van der Waals surface area contributed by atoms with Crippen molar-refractivity contribution in [2.75, 3.05) is 20.3 Å². The largest absolute Gasteiger partial charge is 0.493 e. The Hall–Kier alpha value is -4.33. The van der Waals surface area contributed by atoms with Crippen molar-refractivity contribution in [3.63, 3.8) is 0 Å². The van der Waals surface area contributed by atoms with E-state index in [9.17, 15) is 14.9 Å². The molecule has 0 radical (unpaired) electrons. The Bertz CT molecular complexity index is 1380. The summed E-state index contributed by atoms with van der Waals surface area (Å²) >= 11 is 0. The molecule has 2 N–H and O–H groups in total. The van der Waals surface area contributed by atoms with Gasteiger partial charge in [-0.1, -0.05) is 24.3 Å². The van der Waals surface area contributed by atoms with Gasteiger partial charge in [0.1, 0.15) is 0 Å². The van der Waals surface area contributed by atoms with Crippen LogP contribution >= 0.6 is 0 Å². The van der Waals surface area contributed by atoms with E-state index in [0.717, 1.165) is 22.0 Å². The van der Waals surface area contributed by atoms with Crippen LogP contribution in [0.15, 0.2) is 66.9 Å². The van der Waals surface area contributed by atoms with Crippen LogP contribution in [0.25, 0.3) is 10.9 Å². The number of nitro benzene ring substituents is 1. The number of carbonyl (C=O) groups excluding carboxylic acids is 1. The van der Waals surface area contributed by atoms with Gasteiger partial charge in [0.25, 0.3) is 11.6 Å². The molecule has 0 saturated carbocycles. The maximum atomic E-state index is 13.0. The van der Waals surface area contributed by atoms with Gasteiger partial charge in [-0.2, -0.15) is 0 Å². The maximum absolute atomic E-state index is 13.0. The highest BCUT2D eigenvalue weighted by atomic mass is 16.6. The summed E-state index contributed by atoms with van der Waals surface area (Å²) in [5.41, 5.74) is 3.89. The number of nitrogens with zero attached hydrogens (tertiary/aromatic N) is 1. The lowest BCUT2D eigenvalue weighted by molar-refractivity contribution is -0.384. The number of ether oxygens (including phenoxy) is 2. The van der Waals surface area contributed by atoms with Crippen molar-refractivity contribution in [3.8, 4) is 11.5 Å². The first-order valence-electron chi connectivity index (χ1n) is 11.3. The summed E-state index contributed by atoms with van der Waals surface area (Å²) in [4.78, 5) is 26.9. The molecule has 4 rings (SSSR count). The van der Waals surface area contributed by atoms with Crippen molar-refractivity contribution >= 4 is 22.5 Å². The molecular formula is C27H27N3O5. The molecule has 0 bridgehead atoms. The van der Waals surface area contributed by atoms with Gasteiger partial charge in [0.15, 0.2) is 11.5 Å². The SMILES string of the molecule is CCOc1ccc(C(CNC(=O)c2ccc([N+](=O)[O-])cc2C)c2c[nH]c3ccccc23)cc1OC. The summed E-state index contributed by atoms with van der Waals surface area (Å²) in [5, 5.41) is 15.1. The van der Waals surface area contributed by atoms with Gasteiger partial charge in [-0.15, -0.1) is 0 Å². The maximum Gasteiger partial charge on any atom is 0.269 e. The number of hydrogen-bond acceptors (Lipinski definition) is 5. The number of para-hydroxylation sites is 1. The van der Waals surface area contributed by atoms with Crippen LogP contribution in [-0.4, -0.2) is 36.1 Å². The number of H-pyrrole nitrogens is 1. The van der Waals surface area contributed by atoms with Crippen molar-refractivity contribution in [2.24, 2.45) is 0 Å². The molecule has 0 fully saturated rings. The van der Waals surface area contributed by atoms with Crippen LogP contribution in [0.2, 0.25) is 0 Å². The van der Waals surface area contributed by atoms with Gasteiger partial charge >= 0.3 is 0 Å². The molecule has 0 aliphatic heterocycles. The molecule has 0 aliphatic rings. The zero-order valence-corrected chi connectivity index (χ0v) is 19.8. The van der Waals surface area contributed by atoms with Gasteiger partial charge in [-0.25, -0.2) is 0 Å². The lowest BCUT2D eigenvalue weighted by Gasteiger charge is -2.20. The number of rotatable bonds is 9. The predicted molar refractivity (Wildman–Crippen MR) is 134 cm³/mol. The number of amides is 1. The Morgan fingerprint density at radius 2 is 1.91 bits per heavy atom. The molecule has 1 heterocycles. The molecule has 4 aromatic rings. The van der Waals surface area contributed by atoms with E-state index >= 15 is 0 Å². The van der Waals surface area contributed by atoms with E-state index in [4.69, 9.17) is 9.47 Å². The van der Waals surface area contributed by atoms with Gasteiger partial charge in [0, 0.05) is 47.3 Å². The molecule has 35 heavy (non-hydrogen) atoms. The molecule has 8 heteroatoms. The second-order valence-electron chi connectivity index (χ2n) is 8.15. The minimum Gasteiger partial charge on any atom is -0.493 e. The Balaban J connectivity index is 1.68. The highest BCUT2D eigenvalue weighted by molar-refractivity contribution is 5.96. The normalized spacial score (nSPS) is 11.7. The van der Waals surface area contributed by atoms with Gasteiger partial charge in [-0.05, 0) is 54.8 Å². The zero-order chi connectivity index (χ0) is 24.9. The highest BCUT2D eigenvalue weighted by Gasteiger charge is 2.22. The fourth-order valence-corrected chi connectivity index (χ4v) is 4.27. The second kappa shape index (κ2) is 10.3.